The van der Waals surface area contributed by atoms with Crippen LogP contribution in [0.25, 0.3) is 11.3 Å². The average molecular weight is 464 g/mol. The summed E-state index contributed by atoms with van der Waals surface area (Å²) >= 11 is 0. The Balaban J connectivity index is 1.58. The highest BCUT2D eigenvalue weighted by Gasteiger charge is 2.32. The fraction of sp³-hybridized carbons (Fsp3) is 0.286. The van der Waals surface area contributed by atoms with Crippen LogP contribution in [-0.2, 0) is 14.1 Å². The monoisotopic (exact) mass is 463 g/mol. The Morgan fingerprint density at radius 1 is 1.12 bits per heavy atom. The third kappa shape index (κ3) is 3.56. The first-order chi connectivity index (χ1) is 17.5. The van der Waals surface area contributed by atoms with Crippen molar-refractivity contribution >= 4 is 34.7 Å². The molecule has 13 heteroatoms. The molecule has 13 nitrogen and oxygen atoms in total. The largest absolute Gasteiger partial charge is 0.363 e. The Morgan fingerprint density at radius 3 is 2.74 bits per heavy atom. The Bertz CT molecular complexity index is 1490. The number of rotatable bonds is 5. The van der Waals surface area contributed by atoms with Gasteiger partial charge in [-0.15, -0.1) is 10.2 Å². The summed E-state index contributed by atoms with van der Waals surface area (Å²) in [7, 11) is 5.50. The maximum atomic E-state index is 12.8. The first-order valence-electron chi connectivity index (χ1n) is 11.9. The van der Waals surface area contributed by atoms with Crippen LogP contribution in [0.3, 0.4) is 0 Å². The minimum Gasteiger partial charge on any atom is -0.363 e. The first kappa shape index (κ1) is 17.9. The molecule has 1 aliphatic heterocycles. The number of hydrogen-bond acceptors (Lipinski definition) is 10. The van der Waals surface area contributed by atoms with Crippen molar-refractivity contribution in [1.82, 2.24) is 45.0 Å². The van der Waals surface area contributed by atoms with Gasteiger partial charge in [0.15, 0.2) is 17.3 Å². The number of carbonyl (C=O) groups excluding carboxylic acids is 1. The number of imidazole rings is 1. The van der Waals surface area contributed by atoms with Gasteiger partial charge >= 0.3 is 0 Å². The molecule has 0 saturated heterocycles. The number of nitrogens with one attached hydrogen (secondary N) is 3. The SMILES string of the molecule is [2H]C([2H])([2H])NC(=O)c1nnc(Nc2cn(C)cn2)cc1Nc1nccc2c1N(C)[C@H](C)c1nn(C)nc1-2. The molecule has 5 rings (SSSR count). The first-order valence-corrected chi connectivity index (χ1v) is 10.4. The van der Waals surface area contributed by atoms with Crippen LogP contribution in [0, 0.1) is 0 Å². The molecule has 3 N–H and O–H groups in total. The summed E-state index contributed by atoms with van der Waals surface area (Å²) in [6.45, 7) is -0.700. The minimum atomic E-state index is -2.71. The lowest BCUT2D eigenvalue weighted by Gasteiger charge is -2.33. The predicted molar refractivity (Wildman–Crippen MR) is 126 cm³/mol. The zero-order valence-electron chi connectivity index (χ0n) is 21.9. The van der Waals surface area contributed by atoms with Crippen molar-refractivity contribution in [3.8, 4) is 11.3 Å². The van der Waals surface area contributed by atoms with Gasteiger partial charge in [0, 0.05) is 56.3 Å². The van der Waals surface area contributed by atoms with E-state index in [-0.39, 0.29) is 23.2 Å². The lowest BCUT2D eigenvalue weighted by molar-refractivity contribution is 0.0958. The fourth-order valence-electron chi connectivity index (χ4n) is 3.88. The molecule has 34 heavy (non-hydrogen) atoms. The van der Waals surface area contributed by atoms with E-state index in [1.807, 2.05) is 37.3 Å². The minimum absolute atomic E-state index is 0.101. The van der Waals surface area contributed by atoms with Gasteiger partial charge in [-0.3, -0.25) is 4.79 Å². The van der Waals surface area contributed by atoms with E-state index in [2.05, 4.69) is 41.0 Å². The van der Waals surface area contributed by atoms with Crippen LogP contribution in [0.4, 0.5) is 28.8 Å². The number of pyridine rings is 1. The number of aryl methyl sites for hydroxylation is 2. The second kappa shape index (κ2) is 8.10. The molecule has 0 spiro atoms. The van der Waals surface area contributed by atoms with Crippen LogP contribution >= 0.6 is 0 Å². The van der Waals surface area contributed by atoms with Gasteiger partial charge < -0.3 is 25.4 Å². The third-order valence-corrected chi connectivity index (χ3v) is 5.59. The maximum Gasteiger partial charge on any atom is 0.273 e. The van der Waals surface area contributed by atoms with Crippen LogP contribution in [0.1, 0.15) is 33.3 Å². The zero-order valence-corrected chi connectivity index (χ0v) is 18.9. The number of fused-ring (bicyclic) bond motifs is 3. The van der Waals surface area contributed by atoms with Crippen LogP contribution in [0.15, 0.2) is 30.9 Å². The number of amides is 1. The van der Waals surface area contributed by atoms with Gasteiger partial charge in [0.25, 0.3) is 5.91 Å². The molecule has 4 aromatic rings. The van der Waals surface area contributed by atoms with E-state index in [1.54, 1.807) is 30.3 Å². The van der Waals surface area contributed by atoms with E-state index in [0.29, 0.717) is 11.6 Å². The summed E-state index contributed by atoms with van der Waals surface area (Å²) in [5.41, 5.74) is 3.10. The maximum absolute atomic E-state index is 12.8. The van der Waals surface area contributed by atoms with Crippen molar-refractivity contribution in [2.45, 2.75) is 13.0 Å². The molecule has 1 amide bonds. The molecular formula is C21H24N12O. The average Bonchev–Trinajstić information content (AvgIpc) is 3.41. The zero-order chi connectivity index (χ0) is 26.5. The highest BCUT2D eigenvalue weighted by atomic mass is 16.1. The molecule has 1 atom stereocenters. The standard InChI is InChI=1S/C21H24N12O/c1-11-16-17(30-33(5)29-16)12-6-7-23-20(19(12)32(11)4)25-13-8-14(26-15-9-31(3)10-24-15)27-28-18(13)21(34)22-2/h6-11H,1-5H3,(H,22,34)(H2,23,25,26,27)/t11-/m1/s1/i2D3. The molecule has 0 aromatic carbocycles. The summed E-state index contributed by atoms with van der Waals surface area (Å²) < 4.78 is 24.0. The fourth-order valence-corrected chi connectivity index (χ4v) is 3.88. The lowest BCUT2D eigenvalue weighted by Crippen LogP contribution is -2.28. The van der Waals surface area contributed by atoms with Gasteiger partial charge in [-0.2, -0.15) is 15.0 Å². The highest BCUT2D eigenvalue weighted by molar-refractivity contribution is 5.99. The van der Waals surface area contributed by atoms with E-state index in [4.69, 9.17) is 4.11 Å². The molecule has 4 aromatic heterocycles. The van der Waals surface area contributed by atoms with Gasteiger partial charge in [-0.25, -0.2) is 9.97 Å². The van der Waals surface area contributed by atoms with Crippen LogP contribution < -0.4 is 20.9 Å². The second-order valence-corrected chi connectivity index (χ2v) is 7.89. The van der Waals surface area contributed by atoms with Crippen molar-refractivity contribution in [3.05, 3.63) is 42.2 Å². The molecule has 0 unspecified atom stereocenters. The van der Waals surface area contributed by atoms with Crippen molar-refractivity contribution in [2.75, 3.05) is 29.6 Å². The molecule has 5 heterocycles. The summed E-state index contributed by atoms with van der Waals surface area (Å²) in [6, 6.07) is 3.28. The molecule has 0 aliphatic carbocycles. The van der Waals surface area contributed by atoms with E-state index in [9.17, 15) is 4.79 Å². The van der Waals surface area contributed by atoms with Crippen molar-refractivity contribution in [2.24, 2.45) is 14.1 Å². The van der Waals surface area contributed by atoms with E-state index >= 15 is 0 Å². The van der Waals surface area contributed by atoms with Crippen molar-refractivity contribution in [1.29, 1.82) is 0 Å². The van der Waals surface area contributed by atoms with E-state index in [0.717, 1.165) is 22.6 Å². The van der Waals surface area contributed by atoms with Crippen molar-refractivity contribution in [3.63, 3.8) is 0 Å². The molecule has 0 radical (unpaired) electrons. The molecule has 0 bridgehead atoms. The second-order valence-electron chi connectivity index (χ2n) is 7.89. The normalized spacial score (nSPS) is 16.1. The summed E-state index contributed by atoms with van der Waals surface area (Å²) in [5, 5.41) is 25.2. The van der Waals surface area contributed by atoms with Gasteiger partial charge in [0.2, 0.25) is 0 Å². The lowest BCUT2D eigenvalue weighted by atomic mass is 9.99. The Hall–Kier alpha value is -4.55. The molecular weight excluding hydrogens is 436 g/mol. The Labute approximate surface area is 199 Å². The Morgan fingerprint density at radius 2 is 1.97 bits per heavy atom. The molecule has 174 valence electrons. The number of carbonyl (C=O) groups is 1. The quantitative estimate of drug-likeness (QED) is 0.400. The van der Waals surface area contributed by atoms with E-state index < -0.39 is 12.9 Å². The van der Waals surface area contributed by atoms with Crippen molar-refractivity contribution < 1.29 is 8.91 Å². The highest BCUT2D eigenvalue weighted by Crippen LogP contribution is 2.45. The van der Waals surface area contributed by atoms with Crippen LogP contribution in [-0.4, -0.2) is 59.7 Å². The summed E-state index contributed by atoms with van der Waals surface area (Å²) in [6.07, 6.45) is 4.98. The van der Waals surface area contributed by atoms with Gasteiger partial charge in [0.1, 0.15) is 17.2 Å². The number of nitrogens with zero attached hydrogens (tertiary/aromatic N) is 9. The summed E-state index contributed by atoms with van der Waals surface area (Å²) in [5.74, 6) is 0.306. The van der Waals surface area contributed by atoms with E-state index in [1.165, 1.54) is 10.9 Å². The predicted octanol–water partition coefficient (Wildman–Crippen LogP) is 1.76. The number of aromatic nitrogens is 8. The third-order valence-electron chi connectivity index (χ3n) is 5.59. The Kier molecular flexibility index (Phi) is 4.27. The number of anilines is 5. The van der Waals surface area contributed by atoms with Crippen LogP contribution in [0.5, 0.6) is 0 Å². The van der Waals surface area contributed by atoms with Gasteiger partial charge in [-0.1, -0.05) is 0 Å². The van der Waals surface area contributed by atoms with Gasteiger partial charge in [0.05, 0.1) is 23.7 Å². The van der Waals surface area contributed by atoms with Gasteiger partial charge in [-0.05, 0) is 13.0 Å². The van der Waals surface area contributed by atoms with Crippen LogP contribution in [0.2, 0.25) is 0 Å². The number of hydrogen-bond donors (Lipinski definition) is 3. The smallest absolute Gasteiger partial charge is 0.273 e. The topological polar surface area (TPSA) is 144 Å². The molecule has 0 saturated carbocycles. The molecule has 0 fully saturated rings. The summed E-state index contributed by atoms with van der Waals surface area (Å²) in [4.78, 5) is 25.1. The molecule has 1 aliphatic rings.